The predicted molar refractivity (Wildman–Crippen MR) is 77.0 cm³/mol. The molecule has 0 spiro atoms. The normalized spacial score (nSPS) is 12.3. The number of carboxylic acid groups (broad SMARTS) is 1. The lowest BCUT2D eigenvalue weighted by atomic mass is 10.2. The molecule has 2 aromatic heterocycles. The number of fused-ring (bicyclic) bond motifs is 1. The second-order valence-corrected chi connectivity index (χ2v) is 5.60. The van der Waals surface area contributed by atoms with Crippen LogP contribution in [-0.2, 0) is 4.79 Å². The van der Waals surface area contributed by atoms with Crippen LogP contribution in [0.4, 0.5) is 0 Å². The van der Waals surface area contributed by atoms with Gasteiger partial charge in [0.05, 0.1) is 15.1 Å². The third kappa shape index (κ3) is 2.78. The first-order chi connectivity index (χ1) is 9.40. The number of rotatable bonds is 4. The van der Waals surface area contributed by atoms with E-state index in [1.54, 1.807) is 12.3 Å². The molecular formula is C13H15N3O3S. The molecule has 0 aliphatic carbocycles. The van der Waals surface area contributed by atoms with Crippen molar-refractivity contribution in [1.29, 1.82) is 0 Å². The molecule has 0 aliphatic heterocycles. The zero-order valence-corrected chi connectivity index (χ0v) is 12.0. The van der Waals surface area contributed by atoms with Crippen molar-refractivity contribution in [2.45, 2.75) is 19.9 Å². The summed E-state index contributed by atoms with van der Waals surface area (Å²) in [6.45, 7) is 3.85. The van der Waals surface area contributed by atoms with Crippen molar-refractivity contribution < 1.29 is 14.7 Å². The predicted octanol–water partition coefficient (Wildman–Crippen LogP) is 1.05. The Bertz CT molecular complexity index is 681. The van der Waals surface area contributed by atoms with Crippen LogP contribution in [0.5, 0.6) is 0 Å². The standard InChI is InChI=1S/C13H15N3O3S/c1-6-4-15-9-3-10(20-11(9)7(6)2)12(17)16-5-8(14)13(18)19/h3-4,8H,5,14H2,1-2H3,(H,16,17)(H,18,19). The lowest BCUT2D eigenvalue weighted by Crippen LogP contribution is -2.42. The SMILES string of the molecule is Cc1cnc2cc(C(=O)NCC(N)C(=O)O)sc2c1C. The Balaban J connectivity index is 2.19. The number of carbonyl (C=O) groups is 2. The molecule has 4 N–H and O–H groups in total. The maximum Gasteiger partial charge on any atom is 0.322 e. The smallest absolute Gasteiger partial charge is 0.322 e. The molecule has 2 rings (SSSR count). The number of aliphatic carboxylic acids is 1. The fraction of sp³-hybridized carbons (Fsp3) is 0.308. The van der Waals surface area contributed by atoms with E-state index in [0.29, 0.717) is 4.88 Å². The van der Waals surface area contributed by atoms with Gasteiger partial charge in [0, 0.05) is 12.7 Å². The molecule has 0 fully saturated rings. The summed E-state index contributed by atoms with van der Waals surface area (Å²) in [5, 5.41) is 11.2. The van der Waals surface area contributed by atoms with Gasteiger partial charge in [0.1, 0.15) is 6.04 Å². The summed E-state index contributed by atoms with van der Waals surface area (Å²) < 4.78 is 0.970. The Labute approximate surface area is 119 Å². The van der Waals surface area contributed by atoms with Gasteiger partial charge >= 0.3 is 5.97 Å². The van der Waals surface area contributed by atoms with E-state index in [2.05, 4.69) is 10.3 Å². The molecule has 2 aromatic rings. The van der Waals surface area contributed by atoms with Crippen LogP contribution in [0.3, 0.4) is 0 Å². The van der Waals surface area contributed by atoms with E-state index < -0.39 is 12.0 Å². The van der Waals surface area contributed by atoms with Crippen molar-refractivity contribution in [2.75, 3.05) is 6.54 Å². The van der Waals surface area contributed by atoms with E-state index in [1.807, 2.05) is 13.8 Å². The van der Waals surface area contributed by atoms with E-state index in [1.165, 1.54) is 11.3 Å². The number of nitrogens with one attached hydrogen (secondary N) is 1. The second-order valence-electron chi connectivity index (χ2n) is 4.55. The Morgan fingerprint density at radius 3 is 2.85 bits per heavy atom. The topological polar surface area (TPSA) is 105 Å². The van der Waals surface area contributed by atoms with Crippen molar-refractivity contribution >= 4 is 33.4 Å². The Kier molecular flexibility index (Phi) is 4.01. The number of pyridine rings is 1. The van der Waals surface area contributed by atoms with Crippen molar-refractivity contribution in [3.63, 3.8) is 0 Å². The van der Waals surface area contributed by atoms with Crippen LogP contribution >= 0.6 is 11.3 Å². The number of hydrogen-bond acceptors (Lipinski definition) is 5. The zero-order chi connectivity index (χ0) is 14.9. The second kappa shape index (κ2) is 5.56. The van der Waals surface area contributed by atoms with Crippen molar-refractivity contribution in [3.8, 4) is 0 Å². The maximum atomic E-state index is 12.0. The third-order valence-corrected chi connectivity index (χ3v) is 4.31. The van der Waals surface area contributed by atoms with Gasteiger partial charge in [-0.2, -0.15) is 0 Å². The lowest BCUT2D eigenvalue weighted by molar-refractivity contribution is -0.138. The number of carbonyl (C=O) groups excluding carboxylic acids is 1. The lowest BCUT2D eigenvalue weighted by Gasteiger charge is -2.06. The molecule has 0 saturated carbocycles. The number of amides is 1. The summed E-state index contributed by atoms with van der Waals surface area (Å²) in [6.07, 6.45) is 1.77. The fourth-order valence-electron chi connectivity index (χ4n) is 1.68. The summed E-state index contributed by atoms with van der Waals surface area (Å²) in [5.74, 6) is -1.48. The number of hydrogen-bond donors (Lipinski definition) is 3. The molecule has 1 unspecified atom stereocenters. The minimum absolute atomic E-state index is 0.103. The minimum Gasteiger partial charge on any atom is -0.480 e. The number of aromatic nitrogens is 1. The molecule has 1 atom stereocenters. The van der Waals surface area contributed by atoms with Gasteiger partial charge < -0.3 is 16.2 Å². The molecule has 0 aromatic carbocycles. The summed E-state index contributed by atoms with van der Waals surface area (Å²) in [5.41, 5.74) is 8.28. The maximum absolute atomic E-state index is 12.0. The first-order valence-electron chi connectivity index (χ1n) is 6.02. The third-order valence-electron chi connectivity index (χ3n) is 3.07. The molecule has 106 valence electrons. The molecule has 6 nitrogen and oxygen atoms in total. The van der Waals surface area contributed by atoms with Crippen molar-refractivity contribution in [3.05, 3.63) is 28.3 Å². The molecule has 20 heavy (non-hydrogen) atoms. The van der Waals surface area contributed by atoms with Gasteiger partial charge in [0.25, 0.3) is 5.91 Å². The molecule has 7 heteroatoms. The molecule has 0 bridgehead atoms. The van der Waals surface area contributed by atoms with E-state index in [0.717, 1.165) is 21.3 Å². The molecule has 0 radical (unpaired) electrons. The van der Waals surface area contributed by atoms with Crippen molar-refractivity contribution in [2.24, 2.45) is 5.73 Å². The van der Waals surface area contributed by atoms with E-state index in [4.69, 9.17) is 10.8 Å². The zero-order valence-electron chi connectivity index (χ0n) is 11.1. The fourth-order valence-corrected chi connectivity index (χ4v) is 2.76. The van der Waals surface area contributed by atoms with Gasteiger partial charge in [-0.3, -0.25) is 14.6 Å². The van der Waals surface area contributed by atoms with Crippen LogP contribution in [0, 0.1) is 13.8 Å². The summed E-state index contributed by atoms with van der Waals surface area (Å²) >= 11 is 1.34. The molecule has 2 heterocycles. The molecule has 0 aliphatic rings. The minimum atomic E-state index is -1.14. The highest BCUT2D eigenvalue weighted by molar-refractivity contribution is 7.21. The van der Waals surface area contributed by atoms with Crippen LogP contribution in [-0.4, -0.2) is 34.6 Å². The summed E-state index contributed by atoms with van der Waals surface area (Å²) in [7, 11) is 0. The van der Waals surface area contributed by atoms with Crippen LogP contribution in [0.2, 0.25) is 0 Å². The van der Waals surface area contributed by atoms with Crippen LogP contribution < -0.4 is 11.1 Å². The largest absolute Gasteiger partial charge is 0.480 e. The average Bonchev–Trinajstić information content (AvgIpc) is 2.84. The highest BCUT2D eigenvalue weighted by Crippen LogP contribution is 2.28. The Hall–Kier alpha value is -1.99. The van der Waals surface area contributed by atoms with Gasteiger partial charge in [-0.1, -0.05) is 0 Å². The monoisotopic (exact) mass is 293 g/mol. The number of carboxylic acids is 1. The number of aryl methyl sites for hydroxylation is 2. The van der Waals surface area contributed by atoms with Crippen LogP contribution in [0.15, 0.2) is 12.3 Å². The highest BCUT2D eigenvalue weighted by Gasteiger charge is 2.16. The first kappa shape index (κ1) is 14.4. The van der Waals surface area contributed by atoms with E-state index >= 15 is 0 Å². The number of nitrogens with zero attached hydrogens (tertiary/aromatic N) is 1. The van der Waals surface area contributed by atoms with Gasteiger partial charge in [-0.25, -0.2) is 0 Å². The highest BCUT2D eigenvalue weighted by atomic mass is 32.1. The average molecular weight is 293 g/mol. The molecule has 0 saturated heterocycles. The van der Waals surface area contributed by atoms with E-state index in [9.17, 15) is 9.59 Å². The van der Waals surface area contributed by atoms with Crippen LogP contribution in [0.25, 0.3) is 10.2 Å². The number of nitrogens with two attached hydrogens (primary N) is 1. The Morgan fingerprint density at radius 1 is 1.50 bits per heavy atom. The summed E-state index contributed by atoms with van der Waals surface area (Å²) in [6, 6.07) is 0.601. The van der Waals surface area contributed by atoms with Gasteiger partial charge in [0.15, 0.2) is 0 Å². The summed E-state index contributed by atoms with van der Waals surface area (Å²) in [4.78, 5) is 27.3. The van der Waals surface area contributed by atoms with Crippen LogP contribution in [0.1, 0.15) is 20.8 Å². The van der Waals surface area contributed by atoms with Gasteiger partial charge in [-0.05, 0) is 31.0 Å². The van der Waals surface area contributed by atoms with Crippen molar-refractivity contribution in [1.82, 2.24) is 10.3 Å². The molecular weight excluding hydrogens is 278 g/mol. The quantitative estimate of drug-likeness (QED) is 0.781. The molecule has 1 amide bonds. The van der Waals surface area contributed by atoms with E-state index in [-0.39, 0.29) is 12.5 Å². The van der Waals surface area contributed by atoms with Gasteiger partial charge in [0.2, 0.25) is 0 Å². The Morgan fingerprint density at radius 2 is 2.20 bits per heavy atom. The first-order valence-corrected chi connectivity index (χ1v) is 6.84. The number of thiophene rings is 1. The van der Waals surface area contributed by atoms with Gasteiger partial charge in [-0.15, -0.1) is 11.3 Å².